The van der Waals surface area contributed by atoms with Crippen molar-refractivity contribution < 1.29 is 4.79 Å². The Hall–Kier alpha value is -2.38. The quantitative estimate of drug-likeness (QED) is 0.860. The van der Waals surface area contributed by atoms with E-state index in [1.165, 1.54) is 0 Å². The lowest BCUT2D eigenvalue weighted by atomic mass is 9.96. The highest BCUT2D eigenvalue weighted by Crippen LogP contribution is 2.42. The van der Waals surface area contributed by atoms with Crippen LogP contribution in [0.15, 0.2) is 11.0 Å². The molecule has 2 N–H and O–H groups in total. The summed E-state index contributed by atoms with van der Waals surface area (Å²) in [6.07, 6.45) is 6.88. The van der Waals surface area contributed by atoms with Crippen LogP contribution in [0.25, 0.3) is 0 Å². The van der Waals surface area contributed by atoms with Gasteiger partial charge in [-0.3, -0.25) is 14.5 Å². The maximum absolute atomic E-state index is 13.1. The van der Waals surface area contributed by atoms with Crippen LogP contribution in [0.1, 0.15) is 72.7 Å². The number of carbonyl (C=O) groups is 1. The number of piperidine rings is 1. The Kier molecular flexibility index (Phi) is 4.19. The van der Waals surface area contributed by atoms with Crippen LogP contribution in [0.5, 0.6) is 0 Å². The van der Waals surface area contributed by atoms with Gasteiger partial charge in [0, 0.05) is 31.5 Å². The van der Waals surface area contributed by atoms with Crippen molar-refractivity contribution in [3.8, 4) is 0 Å². The predicted octanol–water partition coefficient (Wildman–Crippen LogP) is 1.60. The number of aromatic amines is 2. The minimum absolute atomic E-state index is 0.0619. The van der Waals surface area contributed by atoms with E-state index in [4.69, 9.17) is 0 Å². The van der Waals surface area contributed by atoms with Crippen LogP contribution in [0, 0.1) is 0 Å². The number of rotatable bonds is 5. The maximum Gasteiger partial charge on any atom is 0.340 e. The molecule has 0 bridgehead atoms. The van der Waals surface area contributed by atoms with Crippen LogP contribution >= 0.6 is 0 Å². The van der Waals surface area contributed by atoms with Crippen molar-refractivity contribution in [2.24, 2.45) is 0 Å². The summed E-state index contributed by atoms with van der Waals surface area (Å²) in [6, 6.07) is 0. The van der Waals surface area contributed by atoms with Gasteiger partial charge in [-0.15, -0.1) is 0 Å². The van der Waals surface area contributed by atoms with E-state index >= 15 is 0 Å². The van der Waals surface area contributed by atoms with E-state index < -0.39 is 0 Å². The van der Waals surface area contributed by atoms with Gasteiger partial charge in [0.2, 0.25) is 0 Å². The molecule has 1 atom stereocenters. The lowest BCUT2D eigenvalue weighted by Crippen LogP contribution is -2.39. The average Bonchev–Trinajstić information content (AvgIpc) is 3.23. The highest BCUT2D eigenvalue weighted by Gasteiger charge is 2.35. The number of amides is 1. The molecule has 8 heteroatoms. The molecule has 0 aromatic carbocycles. The summed E-state index contributed by atoms with van der Waals surface area (Å²) in [4.78, 5) is 29.0. The largest absolute Gasteiger partial charge is 0.340 e. The lowest BCUT2D eigenvalue weighted by Gasteiger charge is -2.31. The van der Waals surface area contributed by atoms with Crippen LogP contribution < -0.4 is 5.69 Å². The SMILES string of the molecule is CCCn1ncc(C(=O)N2CCC[C@H](c3n[nH]c(=O)[nH]3)C2)c1C1CC1. The van der Waals surface area contributed by atoms with Crippen LogP contribution in [-0.2, 0) is 6.54 Å². The number of likely N-dealkylation sites (tertiary alicyclic amines) is 1. The molecule has 8 nitrogen and oxygen atoms in total. The minimum atomic E-state index is -0.296. The Balaban J connectivity index is 1.55. The first-order valence-corrected chi connectivity index (χ1v) is 9.17. The number of nitrogens with one attached hydrogen (secondary N) is 2. The summed E-state index contributed by atoms with van der Waals surface area (Å²) >= 11 is 0. The molecule has 25 heavy (non-hydrogen) atoms. The molecule has 0 unspecified atom stereocenters. The number of hydrogen-bond donors (Lipinski definition) is 2. The molecule has 2 aliphatic rings. The molecule has 1 aliphatic heterocycles. The maximum atomic E-state index is 13.1. The number of H-pyrrole nitrogens is 2. The first-order valence-electron chi connectivity index (χ1n) is 9.17. The molecule has 1 saturated heterocycles. The molecule has 134 valence electrons. The van der Waals surface area contributed by atoms with Gasteiger partial charge < -0.3 is 4.90 Å². The fraction of sp³-hybridized carbons (Fsp3) is 0.647. The average molecular weight is 344 g/mol. The zero-order chi connectivity index (χ0) is 17.4. The van der Waals surface area contributed by atoms with Crippen LogP contribution in [0.3, 0.4) is 0 Å². The second kappa shape index (κ2) is 6.50. The van der Waals surface area contributed by atoms with Gasteiger partial charge in [0.1, 0.15) is 5.82 Å². The summed E-state index contributed by atoms with van der Waals surface area (Å²) in [5.74, 6) is 1.27. The molecule has 0 radical (unpaired) electrons. The van der Waals surface area contributed by atoms with Crippen molar-refractivity contribution >= 4 is 5.91 Å². The standard InChI is InChI=1S/C17H24N6O2/c1-2-7-23-14(11-5-6-11)13(9-18-23)16(24)22-8-3-4-12(10-22)15-19-17(25)21-20-15/h9,11-12H,2-8,10H2,1H3,(H2,19,20,21,25)/t12-/m0/s1. The monoisotopic (exact) mass is 344 g/mol. The Morgan fingerprint density at radius 2 is 2.16 bits per heavy atom. The zero-order valence-corrected chi connectivity index (χ0v) is 14.5. The molecular weight excluding hydrogens is 320 g/mol. The molecule has 4 rings (SSSR count). The van der Waals surface area contributed by atoms with Gasteiger partial charge in [0.15, 0.2) is 0 Å². The third-order valence-electron chi connectivity index (χ3n) is 5.12. The Morgan fingerprint density at radius 1 is 1.32 bits per heavy atom. The smallest absolute Gasteiger partial charge is 0.338 e. The predicted molar refractivity (Wildman–Crippen MR) is 91.6 cm³/mol. The Labute approximate surface area is 145 Å². The van der Waals surface area contributed by atoms with Gasteiger partial charge in [0.05, 0.1) is 17.5 Å². The molecule has 3 heterocycles. The Morgan fingerprint density at radius 3 is 2.84 bits per heavy atom. The first-order chi connectivity index (χ1) is 12.2. The molecular formula is C17H24N6O2. The van der Waals surface area contributed by atoms with E-state index in [1.807, 2.05) is 9.58 Å². The second-order valence-electron chi connectivity index (χ2n) is 7.09. The zero-order valence-electron chi connectivity index (χ0n) is 14.5. The third-order valence-corrected chi connectivity index (χ3v) is 5.12. The molecule has 1 aliphatic carbocycles. The second-order valence-corrected chi connectivity index (χ2v) is 7.09. The molecule has 0 spiro atoms. The van der Waals surface area contributed by atoms with Gasteiger partial charge in [-0.2, -0.15) is 10.2 Å². The molecule has 2 fully saturated rings. The van der Waals surface area contributed by atoms with Gasteiger partial charge in [0.25, 0.3) is 5.91 Å². The fourth-order valence-electron chi connectivity index (χ4n) is 3.77. The van der Waals surface area contributed by atoms with Crippen molar-refractivity contribution in [1.29, 1.82) is 0 Å². The highest BCUT2D eigenvalue weighted by atomic mass is 16.2. The normalized spacial score (nSPS) is 20.8. The Bertz CT molecular complexity index is 815. The van der Waals surface area contributed by atoms with E-state index in [1.54, 1.807) is 6.20 Å². The molecule has 2 aromatic rings. The van der Waals surface area contributed by atoms with Gasteiger partial charge >= 0.3 is 5.69 Å². The number of aromatic nitrogens is 5. The summed E-state index contributed by atoms with van der Waals surface area (Å²) in [5, 5.41) is 10.9. The molecule has 1 amide bonds. The molecule has 1 saturated carbocycles. The van der Waals surface area contributed by atoms with Gasteiger partial charge in [-0.05, 0) is 32.1 Å². The number of aryl methyl sites for hydroxylation is 1. The summed E-state index contributed by atoms with van der Waals surface area (Å²) < 4.78 is 2.01. The minimum Gasteiger partial charge on any atom is -0.338 e. The van der Waals surface area contributed by atoms with E-state index in [0.29, 0.717) is 18.3 Å². The fourth-order valence-corrected chi connectivity index (χ4v) is 3.77. The molecule has 2 aromatic heterocycles. The van der Waals surface area contributed by atoms with Crippen molar-refractivity contribution in [1.82, 2.24) is 29.9 Å². The number of carbonyl (C=O) groups excluding carboxylic acids is 1. The van der Waals surface area contributed by atoms with Gasteiger partial charge in [-0.25, -0.2) is 9.89 Å². The van der Waals surface area contributed by atoms with Crippen molar-refractivity contribution in [3.63, 3.8) is 0 Å². The van der Waals surface area contributed by atoms with Crippen molar-refractivity contribution in [2.75, 3.05) is 13.1 Å². The van der Waals surface area contributed by atoms with E-state index in [9.17, 15) is 9.59 Å². The topological polar surface area (TPSA) is 99.7 Å². The highest BCUT2D eigenvalue weighted by molar-refractivity contribution is 5.95. The van der Waals surface area contributed by atoms with Crippen molar-refractivity contribution in [2.45, 2.75) is 57.4 Å². The van der Waals surface area contributed by atoms with E-state index in [-0.39, 0.29) is 17.5 Å². The van der Waals surface area contributed by atoms with Crippen molar-refractivity contribution in [3.05, 3.63) is 33.8 Å². The lowest BCUT2D eigenvalue weighted by molar-refractivity contribution is 0.0703. The van der Waals surface area contributed by atoms with Crippen LogP contribution in [0.2, 0.25) is 0 Å². The summed E-state index contributed by atoms with van der Waals surface area (Å²) in [6.45, 7) is 4.31. The number of hydrogen-bond acceptors (Lipinski definition) is 4. The van der Waals surface area contributed by atoms with Gasteiger partial charge in [-0.1, -0.05) is 6.92 Å². The van der Waals surface area contributed by atoms with E-state index in [0.717, 1.165) is 56.5 Å². The van der Waals surface area contributed by atoms with Crippen LogP contribution in [0.4, 0.5) is 0 Å². The number of nitrogens with zero attached hydrogens (tertiary/aromatic N) is 4. The summed E-state index contributed by atoms with van der Waals surface area (Å²) in [5.41, 5.74) is 1.57. The third kappa shape index (κ3) is 3.12. The van der Waals surface area contributed by atoms with E-state index in [2.05, 4.69) is 27.2 Å². The first kappa shape index (κ1) is 16.1. The van der Waals surface area contributed by atoms with Crippen LogP contribution in [-0.4, -0.2) is 48.9 Å². The summed E-state index contributed by atoms with van der Waals surface area (Å²) in [7, 11) is 0.